The molecule has 19 heavy (non-hydrogen) atoms. The van der Waals surface area contributed by atoms with Crippen LogP contribution in [0, 0.1) is 23.7 Å². The molecule has 0 spiro atoms. The predicted molar refractivity (Wildman–Crippen MR) is 78.1 cm³/mol. The molecule has 0 bridgehead atoms. The maximum atomic E-state index is 9.03. The number of nitrogens with zero attached hydrogens (tertiary/aromatic N) is 3. The molecule has 3 nitrogen and oxygen atoms in total. The molecule has 0 unspecified atom stereocenters. The fourth-order valence-electron chi connectivity index (χ4n) is 2.44. The molecule has 0 aromatic carbocycles. The lowest BCUT2D eigenvalue weighted by atomic mass is 9.83. The van der Waals surface area contributed by atoms with E-state index in [1.165, 1.54) is 5.57 Å². The van der Waals surface area contributed by atoms with Gasteiger partial charge in [0.1, 0.15) is 5.82 Å². The molecule has 0 radical (unpaired) electrons. The van der Waals surface area contributed by atoms with E-state index in [-0.39, 0.29) is 5.41 Å². The number of aryl methyl sites for hydroxylation is 1. The first-order valence-corrected chi connectivity index (χ1v) is 6.73. The van der Waals surface area contributed by atoms with Crippen molar-refractivity contribution < 1.29 is 0 Å². The molecule has 2 rings (SSSR count). The van der Waals surface area contributed by atoms with Crippen LogP contribution in [0.5, 0.6) is 0 Å². The second kappa shape index (κ2) is 5.05. The van der Waals surface area contributed by atoms with Crippen molar-refractivity contribution >= 4 is 5.82 Å². The summed E-state index contributed by atoms with van der Waals surface area (Å²) >= 11 is 0. The van der Waals surface area contributed by atoms with Gasteiger partial charge >= 0.3 is 0 Å². The maximum Gasteiger partial charge on any atom is 0.130 e. The topological polar surface area (TPSA) is 39.9 Å². The summed E-state index contributed by atoms with van der Waals surface area (Å²) in [5.74, 6) is 0.917. The first-order chi connectivity index (χ1) is 8.90. The van der Waals surface area contributed by atoms with Crippen molar-refractivity contribution in [2.75, 3.05) is 18.0 Å². The minimum absolute atomic E-state index is 0.254. The Labute approximate surface area is 115 Å². The second-order valence-electron chi connectivity index (χ2n) is 6.14. The SMILES string of the molecule is Cc1cc(C#N)cc(N2CC=C(C(C)(C)C)CC2)n1. The van der Waals surface area contributed by atoms with Crippen LogP contribution >= 0.6 is 0 Å². The molecular formula is C16H21N3. The summed E-state index contributed by atoms with van der Waals surface area (Å²) in [6.45, 7) is 10.6. The van der Waals surface area contributed by atoms with E-state index < -0.39 is 0 Å². The minimum Gasteiger partial charge on any atom is -0.353 e. The summed E-state index contributed by atoms with van der Waals surface area (Å²) < 4.78 is 0. The molecular weight excluding hydrogens is 234 g/mol. The third kappa shape index (κ3) is 3.14. The normalized spacial score (nSPS) is 15.9. The summed E-state index contributed by atoms with van der Waals surface area (Å²) in [6.07, 6.45) is 3.38. The highest BCUT2D eigenvalue weighted by molar-refractivity contribution is 5.48. The molecule has 0 N–H and O–H groups in total. The standard InChI is InChI=1S/C16H21N3/c1-12-9-13(11-17)10-15(18-12)19-7-5-14(6-8-19)16(2,3)4/h5,9-10H,6-8H2,1-4H3. The monoisotopic (exact) mass is 255 g/mol. The van der Waals surface area contributed by atoms with E-state index in [1.54, 1.807) is 0 Å². The van der Waals surface area contributed by atoms with Gasteiger partial charge < -0.3 is 4.90 Å². The molecule has 1 aromatic heterocycles. The number of pyridine rings is 1. The van der Waals surface area contributed by atoms with Crippen LogP contribution in [0.1, 0.15) is 38.4 Å². The van der Waals surface area contributed by atoms with Crippen LogP contribution in [-0.4, -0.2) is 18.1 Å². The number of rotatable bonds is 1. The molecule has 1 aliphatic heterocycles. The molecule has 100 valence electrons. The average Bonchev–Trinajstić information content (AvgIpc) is 2.37. The lowest BCUT2D eigenvalue weighted by molar-refractivity contribution is 0.472. The van der Waals surface area contributed by atoms with Crippen molar-refractivity contribution in [2.45, 2.75) is 34.1 Å². The fraction of sp³-hybridized carbons (Fsp3) is 0.500. The Bertz CT molecular complexity index is 544. The molecule has 3 heteroatoms. The van der Waals surface area contributed by atoms with Crippen LogP contribution in [0.2, 0.25) is 0 Å². The highest BCUT2D eigenvalue weighted by atomic mass is 15.2. The zero-order valence-corrected chi connectivity index (χ0v) is 12.2. The molecule has 0 aliphatic carbocycles. The lowest BCUT2D eigenvalue weighted by Crippen LogP contribution is -2.32. The van der Waals surface area contributed by atoms with Crippen LogP contribution in [0.25, 0.3) is 0 Å². The average molecular weight is 255 g/mol. The summed E-state index contributed by atoms with van der Waals surface area (Å²) in [7, 11) is 0. The number of nitriles is 1. The summed E-state index contributed by atoms with van der Waals surface area (Å²) in [6, 6.07) is 5.90. The molecule has 0 fully saturated rings. The Morgan fingerprint density at radius 1 is 1.32 bits per heavy atom. The van der Waals surface area contributed by atoms with E-state index in [2.05, 4.69) is 42.8 Å². The lowest BCUT2D eigenvalue weighted by Gasteiger charge is -2.33. The number of hydrogen-bond donors (Lipinski definition) is 0. The molecule has 2 heterocycles. The molecule has 0 saturated carbocycles. The number of anilines is 1. The molecule has 0 amide bonds. The van der Waals surface area contributed by atoms with Crippen molar-refractivity contribution in [3.8, 4) is 6.07 Å². The second-order valence-corrected chi connectivity index (χ2v) is 6.14. The van der Waals surface area contributed by atoms with Gasteiger partial charge in [-0.05, 0) is 30.9 Å². The molecule has 1 aliphatic rings. The van der Waals surface area contributed by atoms with Crippen molar-refractivity contribution in [3.05, 3.63) is 35.0 Å². The van der Waals surface area contributed by atoms with Crippen LogP contribution < -0.4 is 4.90 Å². The van der Waals surface area contributed by atoms with Gasteiger partial charge in [-0.25, -0.2) is 4.98 Å². The van der Waals surface area contributed by atoms with E-state index >= 15 is 0 Å². The minimum atomic E-state index is 0.254. The van der Waals surface area contributed by atoms with Crippen molar-refractivity contribution in [1.82, 2.24) is 4.98 Å². The smallest absolute Gasteiger partial charge is 0.130 e. The first kappa shape index (κ1) is 13.6. The van der Waals surface area contributed by atoms with Crippen molar-refractivity contribution in [1.29, 1.82) is 5.26 Å². The van der Waals surface area contributed by atoms with E-state index in [4.69, 9.17) is 5.26 Å². The van der Waals surface area contributed by atoms with Gasteiger partial charge in [-0.2, -0.15) is 5.26 Å². The summed E-state index contributed by atoms with van der Waals surface area (Å²) in [5.41, 5.74) is 3.36. The quantitative estimate of drug-likeness (QED) is 0.722. The van der Waals surface area contributed by atoms with Crippen LogP contribution in [0.15, 0.2) is 23.8 Å². The van der Waals surface area contributed by atoms with Crippen molar-refractivity contribution in [3.63, 3.8) is 0 Å². The Balaban J connectivity index is 2.21. The van der Waals surface area contributed by atoms with Crippen LogP contribution in [-0.2, 0) is 0 Å². The predicted octanol–water partition coefficient (Wildman–Crippen LogP) is 3.44. The molecule has 1 aromatic rings. The van der Waals surface area contributed by atoms with Gasteiger partial charge in [-0.3, -0.25) is 0 Å². The van der Waals surface area contributed by atoms with E-state index in [1.807, 2.05) is 19.1 Å². The fourth-order valence-corrected chi connectivity index (χ4v) is 2.44. The van der Waals surface area contributed by atoms with Crippen LogP contribution in [0.3, 0.4) is 0 Å². The largest absolute Gasteiger partial charge is 0.353 e. The Morgan fingerprint density at radius 2 is 2.05 bits per heavy atom. The van der Waals surface area contributed by atoms with Crippen molar-refractivity contribution in [2.24, 2.45) is 5.41 Å². The third-order valence-electron chi connectivity index (χ3n) is 3.57. The summed E-state index contributed by atoms with van der Waals surface area (Å²) in [5, 5.41) is 9.03. The highest BCUT2D eigenvalue weighted by Crippen LogP contribution is 2.31. The number of hydrogen-bond acceptors (Lipinski definition) is 3. The maximum absolute atomic E-state index is 9.03. The van der Waals surface area contributed by atoms with Gasteiger partial charge in [0.05, 0.1) is 11.6 Å². The van der Waals surface area contributed by atoms with Crippen LogP contribution in [0.4, 0.5) is 5.82 Å². The molecule has 0 atom stereocenters. The summed E-state index contributed by atoms with van der Waals surface area (Å²) in [4.78, 5) is 6.78. The van der Waals surface area contributed by atoms with Gasteiger partial charge in [0.25, 0.3) is 0 Å². The van der Waals surface area contributed by atoms with E-state index in [9.17, 15) is 0 Å². The van der Waals surface area contributed by atoms with Gasteiger partial charge in [-0.15, -0.1) is 0 Å². The van der Waals surface area contributed by atoms with E-state index in [0.29, 0.717) is 5.56 Å². The Morgan fingerprint density at radius 3 is 2.58 bits per heavy atom. The highest BCUT2D eigenvalue weighted by Gasteiger charge is 2.22. The molecule has 0 saturated heterocycles. The Hall–Kier alpha value is -1.82. The zero-order valence-electron chi connectivity index (χ0n) is 12.2. The Kier molecular flexibility index (Phi) is 3.61. The van der Waals surface area contributed by atoms with Gasteiger partial charge in [0.15, 0.2) is 0 Å². The van der Waals surface area contributed by atoms with Gasteiger partial charge in [0.2, 0.25) is 0 Å². The first-order valence-electron chi connectivity index (χ1n) is 6.73. The van der Waals surface area contributed by atoms with E-state index in [0.717, 1.165) is 31.0 Å². The zero-order chi connectivity index (χ0) is 14.0. The van der Waals surface area contributed by atoms with Gasteiger partial charge in [-0.1, -0.05) is 32.4 Å². The third-order valence-corrected chi connectivity index (χ3v) is 3.57. The number of aromatic nitrogens is 1. The van der Waals surface area contributed by atoms with Gasteiger partial charge in [0, 0.05) is 18.8 Å².